The number of aromatic nitrogens is 2. The zero-order chi connectivity index (χ0) is 15.0. The van der Waals surface area contributed by atoms with Crippen molar-refractivity contribution in [1.82, 2.24) is 9.55 Å². The second kappa shape index (κ2) is 5.45. The van der Waals surface area contributed by atoms with Gasteiger partial charge in [-0.15, -0.1) is 0 Å². The number of fused-ring (bicyclic) bond motifs is 1. The largest absolute Gasteiger partial charge is 0.328 e. The van der Waals surface area contributed by atoms with E-state index >= 15 is 0 Å². The summed E-state index contributed by atoms with van der Waals surface area (Å²) in [5, 5.41) is 0. The fourth-order valence-corrected chi connectivity index (χ4v) is 4.40. The minimum atomic E-state index is -0.0919. The maximum Gasteiger partial charge on any atom is 0.111 e. The highest BCUT2D eigenvalue weighted by Gasteiger charge is 2.35. The minimum Gasteiger partial charge on any atom is -0.328 e. The smallest absolute Gasteiger partial charge is 0.111 e. The van der Waals surface area contributed by atoms with E-state index in [1.807, 2.05) is 0 Å². The molecule has 0 aliphatic heterocycles. The molecule has 0 spiro atoms. The van der Waals surface area contributed by atoms with Crippen LogP contribution in [-0.4, -0.2) is 15.1 Å². The van der Waals surface area contributed by atoms with E-state index in [-0.39, 0.29) is 5.54 Å². The van der Waals surface area contributed by atoms with Crippen LogP contribution >= 0.6 is 0 Å². The molecule has 3 nitrogen and oxygen atoms in total. The molecular weight excluding hydrogens is 258 g/mol. The zero-order valence-corrected chi connectivity index (χ0v) is 13.5. The second-order valence-electron chi connectivity index (χ2n) is 7.15. The summed E-state index contributed by atoms with van der Waals surface area (Å²) in [5.41, 5.74) is 9.00. The predicted octanol–water partition coefficient (Wildman–Crippen LogP) is 3.75. The SMILES string of the molecule is CCn1c(CC2(N)CC(C)CC(C)C2)nc2ccccc21. The molecule has 3 rings (SSSR count). The third-order valence-electron chi connectivity index (χ3n) is 4.87. The van der Waals surface area contributed by atoms with Gasteiger partial charge in [0.1, 0.15) is 5.82 Å². The van der Waals surface area contributed by atoms with Crippen molar-refractivity contribution in [1.29, 1.82) is 0 Å². The topological polar surface area (TPSA) is 43.8 Å². The first-order valence-corrected chi connectivity index (χ1v) is 8.24. The van der Waals surface area contributed by atoms with Crippen molar-refractivity contribution in [2.24, 2.45) is 17.6 Å². The molecule has 0 radical (unpaired) electrons. The molecule has 0 saturated heterocycles. The van der Waals surface area contributed by atoms with Gasteiger partial charge in [0, 0.05) is 18.5 Å². The number of nitrogens with zero attached hydrogens (tertiary/aromatic N) is 2. The van der Waals surface area contributed by atoms with Gasteiger partial charge in [-0.2, -0.15) is 0 Å². The van der Waals surface area contributed by atoms with Crippen LogP contribution in [0.25, 0.3) is 11.0 Å². The van der Waals surface area contributed by atoms with Crippen LogP contribution in [0.4, 0.5) is 0 Å². The molecule has 3 heteroatoms. The lowest BCUT2D eigenvalue weighted by Gasteiger charge is -2.40. The highest BCUT2D eigenvalue weighted by atomic mass is 15.1. The number of hydrogen-bond donors (Lipinski definition) is 1. The summed E-state index contributed by atoms with van der Waals surface area (Å²) in [6, 6.07) is 8.40. The van der Waals surface area contributed by atoms with E-state index in [2.05, 4.69) is 49.6 Å². The molecule has 1 aliphatic rings. The van der Waals surface area contributed by atoms with E-state index in [4.69, 9.17) is 10.7 Å². The number of aryl methyl sites for hydroxylation is 1. The molecule has 1 aromatic heterocycles. The van der Waals surface area contributed by atoms with Crippen molar-refractivity contribution < 1.29 is 0 Å². The first-order chi connectivity index (χ1) is 10.0. The van der Waals surface area contributed by atoms with E-state index in [1.165, 1.54) is 11.9 Å². The fourth-order valence-electron chi connectivity index (χ4n) is 4.40. The van der Waals surface area contributed by atoms with Crippen LogP contribution in [-0.2, 0) is 13.0 Å². The van der Waals surface area contributed by atoms with Gasteiger partial charge >= 0.3 is 0 Å². The summed E-state index contributed by atoms with van der Waals surface area (Å²) in [7, 11) is 0. The van der Waals surface area contributed by atoms with Crippen LogP contribution in [0.15, 0.2) is 24.3 Å². The zero-order valence-electron chi connectivity index (χ0n) is 13.5. The van der Waals surface area contributed by atoms with Crippen molar-refractivity contribution in [3.8, 4) is 0 Å². The molecule has 2 N–H and O–H groups in total. The number of nitrogens with two attached hydrogens (primary N) is 1. The first-order valence-electron chi connectivity index (χ1n) is 8.24. The van der Waals surface area contributed by atoms with Gasteiger partial charge in [0.25, 0.3) is 0 Å². The van der Waals surface area contributed by atoms with Crippen LogP contribution in [0.5, 0.6) is 0 Å². The van der Waals surface area contributed by atoms with Crippen molar-refractivity contribution in [3.05, 3.63) is 30.1 Å². The molecule has 0 bridgehead atoms. The molecule has 0 amide bonds. The normalized spacial score (nSPS) is 29.9. The summed E-state index contributed by atoms with van der Waals surface area (Å²) >= 11 is 0. The Bertz CT molecular complexity index is 618. The van der Waals surface area contributed by atoms with Gasteiger partial charge < -0.3 is 10.3 Å². The van der Waals surface area contributed by atoms with Crippen molar-refractivity contribution in [2.45, 2.75) is 58.5 Å². The van der Waals surface area contributed by atoms with Gasteiger partial charge in [0.2, 0.25) is 0 Å². The molecular formula is C18H27N3. The van der Waals surface area contributed by atoms with E-state index in [9.17, 15) is 0 Å². The Morgan fingerprint density at radius 3 is 2.57 bits per heavy atom. The Labute approximate surface area is 127 Å². The Kier molecular flexibility index (Phi) is 3.78. The van der Waals surface area contributed by atoms with Gasteiger partial charge in [-0.1, -0.05) is 26.0 Å². The summed E-state index contributed by atoms with van der Waals surface area (Å²) in [4.78, 5) is 4.86. The highest BCUT2D eigenvalue weighted by Crippen LogP contribution is 2.36. The molecule has 1 fully saturated rings. The maximum absolute atomic E-state index is 6.76. The van der Waals surface area contributed by atoms with Crippen molar-refractivity contribution >= 4 is 11.0 Å². The lowest BCUT2D eigenvalue weighted by Crippen LogP contribution is -2.48. The monoisotopic (exact) mass is 285 g/mol. The fraction of sp³-hybridized carbons (Fsp3) is 0.611. The Balaban J connectivity index is 1.93. The summed E-state index contributed by atoms with van der Waals surface area (Å²) in [6.07, 6.45) is 4.43. The van der Waals surface area contributed by atoms with Gasteiger partial charge in [0.05, 0.1) is 11.0 Å². The average Bonchev–Trinajstić information content (AvgIpc) is 2.72. The maximum atomic E-state index is 6.76. The van der Waals surface area contributed by atoms with Gasteiger partial charge in [-0.25, -0.2) is 4.98 Å². The molecule has 114 valence electrons. The Morgan fingerprint density at radius 1 is 1.24 bits per heavy atom. The number of rotatable bonds is 3. The molecule has 21 heavy (non-hydrogen) atoms. The Morgan fingerprint density at radius 2 is 1.90 bits per heavy atom. The third kappa shape index (κ3) is 2.84. The Hall–Kier alpha value is -1.35. The van der Waals surface area contributed by atoms with E-state index in [0.717, 1.165) is 49.0 Å². The number of hydrogen-bond acceptors (Lipinski definition) is 2. The van der Waals surface area contributed by atoms with Crippen LogP contribution < -0.4 is 5.73 Å². The number of para-hydroxylation sites is 2. The highest BCUT2D eigenvalue weighted by molar-refractivity contribution is 5.75. The van der Waals surface area contributed by atoms with Gasteiger partial charge in [-0.3, -0.25) is 0 Å². The lowest BCUT2D eigenvalue weighted by molar-refractivity contribution is 0.179. The van der Waals surface area contributed by atoms with E-state index in [1.54, 1.807) is 0 Å². The van der Waals surface area contributed by atoms with E-state index in [0.29, 0.717) is 0 Å². The summed E-state index contributed by atoms with van der Waals surface area (Å²) in [6.45, 7) is 7.81. The summed E-state index contributed by atoms with van der Waals surface area (Å²) in [5.74, 6) is 2.60. The quantitative estimate of drug-likeness (QED) is 0.933. The van der Waals surface area contributed by atoms with Crippen LogP contribution in [0, 0.1) is 11.8 Å². The molecule has 2 atom stereocenters. The average molecular weight is 285 g/mol. The predicted molar refractivity (Wildman–Crippen MR) is 88.2 cm³/mol. The first kappa shape index (κ1) is 14.6. The van der Waals surface area contributed by atoms with Gasteiger partial charge in [0.15, 0.2) is 0 Å². The molecule has 1 saturated carbocycles. The minimum absolute atomic E-state index is 0.0919. The molecule has 2 unspecified atom stereocenters. The third-order valence-corrected chi connectivity index (χ3v) is 4.87. The van der Waals surface area contributed by atoms with Crippen LogP contribution in [0.3, 0.4) is 0 Å². The van der Waals surface area contributed by atoms with Crippen LogP contribution in [0.2, 0.25) is 0 Å². The molecule has 1 aromatic carbocycles. The van der Waals surface area contributed by atoms with E-state index < -0.39 is 0 Å². The van der Waals surface area contributed by atoms with Crippen molar-refractivity contribution in [3.63, 3.8) is 0 Å². The molecule has 1 heterocycles. The lowest BCUT2D eigenvalue weighted by atomic mass is 9.70. The van der Waals surface area contributed by atoms with Crippen molar-refractivity contribution in [2.75, 3.05) is 0 Å². The standard InChI is InChI=1S/C18H27N3/c1-4-21-16-8-6-5-7-15(16)20-17(21)12-18(19)10-13(2)9-14(3)11-18/h5-8,13-14H,4,9-12,19H2,1-3H3. The van der Waals surface area contributed by atoms with Crippen LogP contribution in [0.1, 0.15) is 45.9 Å². The number of benzene rings is 1. The summed E-state index contributed by atoms with van der Waals surface area (Å²) < 4.78 is 2.33. The van der Waals surface area contributed by atoms with Gasteiger partial charge in [-0.05, 0) is 50.2 Å². The molecule has 2 aromatic rings. The second-order valence-corrected chi connectivity index (χ2v) is 7.15. The number of imidazole rings is 1. The molecule has 1 aliphatic carbocycles.